The third kappa shape index (κ3) is 13.6. The Balaban J connectivity index is 0.000000877. The molecule has 1 amide bonds. The molecule has 0 spiro atoms. The molecular weight excluding hydrogens is 504 g/mol. The summed E-state index contributed by atoms with van der Waals surface area (Å²) in [7, 11) is -3.67. The molecule has 37 heavy (non-hydrogen) atoms. The number of hydrogen-bond acceptors (Lipinski definition) is 10. The fourth-order valence-electron chi connectivity index (χ4n) is 3.99. The van der Waals surface area contributed by atoms with E-state index in [-0.39, 0.29) is 18.8 Å². The van der Waals surface area contributed by atoms with Crippen molar-refractivity contribution >= 4 is 16.2 Å². The summed E-state index contributed by atoms with van der Waals surface area (Å²) in [4.78, 5) is 16.3. The highest BCUT2D eigenvalue weighted by Gasteiger charge is 2.35. The molecule has 2 aliphatic rings. The molecular formula is C24H38N4O8S. The van der Waals surface area contributed by atoms with Gasteiger partial charge in [0, 0.05) is 45.8 Å². The lowest BCUT2D eigenvalue weighted by Crippen LogP contribution is -2.61. The number of nitrogens with zero attached hydrogens (tertiary/aromatic N) is 3. The molecule has 2 unspecified atom stereocenters. The summed E-state index contributed by atoms with van der Waals surface area (Å²) < 4.78 is 42.9. The molecule has 12 nitrogen and oxygen atoms in total. The summed E-state index contributed by atoms with van der Waals surface area (Å²) in [5.41, 5.74) is 0.0775. The van der Waals surface area contributed by atoms with Crippen molar-refractivity contribution in [3.05, 3.63) is 29.8 Å². The Morgan fingerprint density at radius 3 is 2.24 bits per heavy atom. The number of morpholine rings is 2. The first kappa shape index (κ1) is 30.8. The number of alkyl carbamates (subject to hydrolysis) is 1. The maximum atomic E-state index is 11.8. The summed E-state index contributed by atoms with van der Waals surface area (Å²) >= 11 is 0. The number of aliphatic hydroxyl groups is 1. The highest BCUT2D eigenvalue weighted by molar-refractivity contribution is 7.85. The number of fused-ring (bicyclic) bond motifs is 2. The Kier molecular flexibility index (Phi) is 11.5. The minimum Gasteiger partial charge on any atom is -0.491 e. The highest BCUT2D eigenvalue weighted by atomic mass is 32.2. The zero-order valence-corrected chi connectivity index (χ0v) is 22.6. The van der Waals surface area contributed by atoms with Crippen LogP contribution in [0.2, 0.25) is 0 Å². The second-order valence-corrected chi connectivity index (χ2v) is 11.6. The number of benzene rings is 1. The molecule has 2 saturated heterocycles. The van der Waals surface area contributed by atoms with E-state index < -0.39 is 27.9 Å². The van der Waals surface area contributed by atoms with E-state index in [4.69, 9.17) is 24.0 Å². The van der Waals surface area contributed by atoms with E-state index in [1.807, 2.05) is 20.8 Å². The number of aliphatic hydroxyl groups excluding tert-OH is 1. The lowest BCUT2D eigenvalue weighted by atomic mass is 10.1. The van der Waals surface area contributed by atoms with Crippen molar-refractivity contribution in [1.82, 2.24) is 15.1 Å². The van der Waals surface area contributed by atoms with Crippen LogP contribution >= 0.6 is 0 Å². The van der Waals surface area contributed by atoms with Gasteiger partial charge in [-0.2, -0.15) is 13.7 Å². The van der Waals surface area contributed by atoms with Crippen molar-refractivity contribution in [2.45, 2.75) is 44.7 Å². The van der Waals surface area contributed by atoms with Crippen LogP contribution in [-0.2, 0) is 19.6 Å². The maximum absolute atomic E-state index is 11.8. The number of carbonyl (C=O) groups is 1. The fraction of sp³-hybridized carbons (Fsp3) is 0.667. The Labute approximate surface area is 218 Å². The average Bonchev–Trinajstić information content (AvgIpc) is 2.75. The van der Waals surface area contributed by atoms with E-state index in [0.717, 1.165) is 32.7 Å². The van der Waals surface area contributed by atoms with Gasteiger partial charge in [0.2, 0.25) is 0 Å². The van der Waals surface area contributed by atoms with Crippen LogP contribution in [0, 0.1) is 11.3 Å². The smallest absolute Gasteiger partial charge is 0.407 e. The summed E-state index contributed by atoms with van der Waals surface area (Å²) in [6.45, 7) is 10.6. The van der Waals surface area contributed by atoms with E-state index in [1.54, 1.807) is 24.3 Å². The van der Waals surface area contributed by atoms with Crippen molar-refractivity contribution in [2.24, 2.45) is 0 Å². The van der Waals surface area contributed by atoms with Gasteiger partial charge < -0.3 is 24.6 Å². The molecule has 0 saturated carbocycles. The fourth-order valence-corrected chi connectivity index (χ4v) is 3.99. The van der Waals surface area contributed by atoms with Crippen LogP contribution < -0.4 is 10.1 Å². The molecule has 208 valence electrons. The molecule has 3 N–H and O–H groups in total. The van der Waals surface area contributed by atoms with Crippen LogP contribution in [0.5, 0.6) is 5.75 Å². The van der Waals surface area contributed by atoms with Gasteiger partial charge in [0.25, 0.3) is 10.1 Å². The predicted octanol–water partition coefficient (Wildman–Crippen LogP) is 0.712. The maximum Gasteiger partial charge on any atom is 0.407 e. The van der Waals surface area contributed by atoms with Crippen molar-refractivity contribution in [3.8, 4) is 11.8 Å². The van der Waals surface area contributed by atoms with Gasteiger partial charge in [-0.05, 0) is 45.0 Å². The quantitative estimate of drug-likeness (QED) is 0.397. The number of ether oxygens (including phenoxy) is 3. The number of nitriles is 1. The zero-order chi connectivity index (χ0) is 27.6. The molecule has 0 radical (unpaired) electrons. The highest BCUT2D eigenvalue weighted by Crippen LogP contribution is 2.19. The molecule has 1 aromatic carbocycles. The van der Waals surface area contributed by atoms with Gasteiger partial charge in [0.05, 0.1) is 30.1 Å². The van der Waals surface area contributed by atoms with Crippen LogP contribution in [-0.4, -0.2) is 117 Å². The Morgan fingerprint density at radius 1 is 1.19 bits per heavy atom. The summed E-state index contributed by atoms with van der Waals surface area (Å²) in [6, 6.07) is 8.92. The number of amides is 1. The van der Waals surface area contributed by atoms with Crippen molar-refractivity contribution in [2.75, 3.05) is 58.7 Å². The third-order valence-corrected chi connectivity index (χ3v) is 5.22. The largest absolute Gasteiger partial charge is 0.491 e. The van der Waals surface area contributed by atoms with Gasteiger partial charge in [-0.3, -0.25) is 14.4 Å². The van der Waals surface area contributed by atoms with Gasteiger partial charge in [-0.25, -0.2) is 4.79 Å². The number of carbonyl (C=O) groups excluding carboxylic acids is 1. The van der Waals surface area contributed by atoms with Crippen molar-refractivity contribution < 1.29 is 37.1 Å². The van der Waals surface area contributed by atoms with Crippen LogP contribution in [0.15, 0.2) is 24.3 Å². The third-order valence-electron chi connectivity index (χ3n) is 5.22. The van der Waals surface area contributed by atoms with Crippen LogP contribution in [0.3, 0.4) is 0 Å². The lowest BCUT2D eigenvalue weighted by molar-refractivity contribution is -0.142. The zero-order valence-electron chi connectivity index (χ0n) is 21.8. The summed E-state index contributed by atoms with van der Waals surface area (Å²) in [5.74, 6) is 0.637. The topological polar surface area (TPSA) is 162 Å². The van der Waals surface area contributed by atoms with Crippen LogP contribution in [0.4, 0.5) is 4.79 Å². The van der Waals surface area contributed by atoms with E-state index in [0.29, 0.717) is 30.7 Å². The Hall–Kier alpha value is -2.47. The van der Waals surface area contributed by atoms with E-state index >= 15 is 0 Å². The molecule has 13 heteroatoms. The van der Waals surface area contributed by atoms with Crippen molar-refractivity contribution in [1.29, 1.82) is 5.26 Å². The monoisotopic (exact) mass is 542 g/mol. The molecule has 1 aromatic rings. The predicted molar refractivity (Wildman–Crippen MR) is 136 cm³/mol. The SMILES string of the molecule is CC(C)(C)OC(=O)NCCN1CC2CN(C[C@H](O)COc3ccc(C#N)cc3)CC(C1)O2.CS(=O)(=O)O. The van der Waals surface area contributed by atoms with E-state index in [2.05, 4.69) is 21.2 Å². The molecule has 3 rings (SSSR count). The standard InChI is InChI=1S/C23H34N4O5.CH4O3S/c1-23(2,3)32-22(29)25-8-9-26-12-20-14-27(15-21(13-26)31-20)11-18(28)16-30-19-6-4-17(10-24)5-7-19;1-5(2,3)4/h4-7,18,20-21,28H,8-9,11-16H2,1-3H3,(H,25,29);1H3,(H,2,3,4)/t18-,20?,21?;/m0./s1. The van der Waals surface area contributed by atoms with Gasteiger partial charge in [-0.15, -0.1) is 0 Å². The Morgan fingerprint density at radius 2 is 1.73 bits per heavy atom. The van der Waals surface area contributed by atoms with Gasteiger partial charge in [0.15, 0.2) is 0 Å². The normalized spacial score (nSPS) is 21.1. The van der Waals surface area contributed by atoms with E-state index in [9.17, 15) is 18.3 Å². The van der Waals surface area contributed by atoms with Crippen molar-refractivity contribution in [3.63, 3.8) is 0 Å². The van der Waals surface area contributed by atoms with Gasteiger partial charge in [-0.1, -0.05) is 0 Å². The first-order valence-electron chi connectivity index (χ1n) is 12.0. The number of nitrogens with one attached hydrogen (secondary N) is 1. The van der Waals surface area contributed by atoms with E-state index in [1.165, 1.54) is 0 Å². The molecule has 2 fully saturated rings. The second kappa shape index (κ2) is 13.9. The molecule has 0 aromatic heterocycles. The van der Waals surface area contributed by atoms with Crippen LogP contribution in [0.25, 0.3) is 0 Å². The number of rotatable bonds is 8. The summed E-state index contributed by atoms with van der Waals surface area (Å²) in [6.07, 6.45) is -0.133. The molecule has 0 aliphatic carbocycles. The minimum absolute atomic E-state index is 0.0793. The summed E-state index contributed by atoms with van der Waals surface area (Å²) in [5, 5.41) is 22.1. The number of β-amino-alcohol motifs (C(OH)–C–C–N with tert-alkyl or cyclic N) is 1. The lowest BCUT2D eigenvalue weighted by Gasteiger charge is -2.46. The van der Waals surface area contributed by atoms with Gasteiger partial charge >= 0.3 is 6.09 Å². The second-order valence-electron chi connectivity index (χ2n) is 10.1. The van der Waals surface area contributed by atoms with Crippen LogP contribution in [0.1, 0.15) is 26.3 Å². The first-order chi connectivity index (χ1) is 17.2. The average molecular weight is 543 g/mol. The van der Waals surface area contributed by atoms with Gasteiger partial charge in [0.1, 0.15) is 24.1 Å². The molecule has 3 atom stereocenters. The molecule has 2 aliphatic heterocycles. The Bertz CT molecular complexity index is 985. The molecule has 2 heterocycles. The minimum atomic E-state index is -3.67. The molecule has 2 bridgehead atoms. The first-order valence-corrected chi connectivity index (χ1v) is 13.9. The number of hydrogen-bond donors (Lipinski definition) is 3.